The summed E-state index contributed by atoms with van der Waals surface area (Å²) < 4.78 is 4.76. The van der Waals surface area contributed by atoms with E-state index >= 15 is 0 Å². The Morgan fingerprint density at radius 1 is 0.348 bits per heavy atom. The van der Waals surface area contributed by atoms with Gasteiger partial charge in [-0.3, -0.25) is 0 Å². The molecule has 66 heavy (non-hydrogen) atoms. The van der Waals surface area contributed by atoms with Crippen LogP contribution in [-0.2, 0) is 0 Å². The number of hydrogen-bond acceptors (Lipinski definition) is 4. The van der Waals surface area contributed by atoms with Crippen LogP contribution in [0.1, 0.15) is 17.2 Å². The Morgan fingerprint density at radius 3 is 0.985 bits per heavy atom. The predicted molar refractivity (Wildman–Crippen MR) is 270 cm³/mol. The number of fused-ring (bicyclic) bond motifs is 6. The van der Waals surface area contributed by atoms with Gasteiger partial charge in [0.2, 0.25) is 0 Å². The summed E-state index contributed by atoms with van der Waals surface area (Å²) in [6.07, 6.45) is 0. The molecular weight excluding hydrogens is 805 g/mol. The van der Waals surface area contributed by atoms with Crippen molar-refractivity contribution in [3.05, 3.63) is 223 Å². The van der Waals surface area contributed by atoms with Crippen LogP contribution >= 0.6 is 0 Å². The topological polar surface area (TPSA) is 72.3 Å². The van der Waals surface area contributed by atoms with E-state index in [2.05, 4.69) is 220 Å². The molecule has 0 N–H and O–H groups in total. The molecule has 0 aliphatic rings. The minimum atomic E-state index is 0.458. The highest BCUT2D eigenvalue weighted by atomic mass is 15.1. The summed E-state index contributed by atoms with van der Waals surface area (Å²) in [5, 5.41) is 15.7. The molecule has 0 aliphatic carbocycles. The van der Waals surface area contributed by atoms with E-state index in [0.29, 0.717) is 28.6 Å². The summed E-state index contributed by atoms with van der Waals surface area (Å²) in [6.45, 7) is 3.74. The van der Waals surface area contributed by atoms with Crippen LogP contribution in [0.4, 0.5) is 0 Å². The molecule has 310 valence electrons. The summed E-state index contributed by atoms with van der Waals surface area (Å²) in [5.74, 6) is 1.64. The number of aromatic nitrogens is 5. The monoisotopic (exact) mass is 844 g/mol. The van der Waals surface area contributed by atoms with Gasteiger partial charge >= 0.3 is 0 Å². The zero-order chi connectivity index (χ0) is 44.3. The van der Waals surface area contributed by atoms with E-state index in [9.17, 15) is 5.26 Å². The Morgan fingerprint density at radius 2 is 0.667 bits per heavy atom. The third-order valence-electron chi connectivity index (χ3n) is 12.8. The second-order valence-electron chi connectivity index (χ2n) is 16.8. The number of aryl methyl sites for hydroxylation is 2. The molecule has 0 spiro atoms. The van der Waals surface area contributed by atoms with Crippen LogP contribution in [0.25, 0.3) is 111 Å². The van der Waals surface area contributed by atoms with Crippen LogP contribution in [0, 0.1) is 25.2 Å². The van der Waals surface area contributed by atoms with Gasteiger partial charge in [-0.05, 0) is 94.8 Å². The van der Waals surface area contributed by atoms with Gasteiger partial charge in [0.25, 0.3) is 0 Å². The number of rotatable bonds is 7. The van der Waals surface area contributed by atoms with Crippen molar-refractivity contribution < 1.29 is 0 Å². The molecule has 0 amide bonds. The number of nitriles is 1. The molecule has 0 saturated carbocycles. The zero-order valence-corrected chi connectivity index (χ0v) is 36.3. The van der Waals surface area contributed by atoms with Gasteiger partial charge in [0.1, 0.15) is 11.6 Å². The minimum absolute atomic E-state index is 0.458. The Kier molecular flexibility index (Phi) is 9.22. The van der Waals surface area contributed by atoms with Crippen molar-refractivity contribution in [3.63, 3.8) is 0 Å². The second-order valence-corrected chi connectivity index (χ2v) is 16.8. The van der Waals surface area contributed by atoms with Gasteiger partial charge in [-0.25, -0.2) is 15.0 Å². The molecule has 0 fully saturated rings. The average Bonchev–Trinajstić information content (AvgIpc) is 3.87. The van der Waals surface area contributed by atoms with Crippen molar-refractivity contribution in [2.75, 3.05) is 0 Å². The van der Waals surface area contributed by atoms with Gasteiger partial charge < -0.3 is 9.13 Å². The van der Waals surface area contributed by atoms with Gasteiger partial charge in [0.05, 0.1) is 45.1 Å². The highest BCUT2D eigenvalue weighted by Crippen LogP contribution is 2.43. The molecule has 0 radical (unpaired) electrons. The van der Waals surface area contributed by atoms with Crippen LogP contribution in [0.15, 0.2) is 206 Å². The van der Waals surface area contributed by atoms with E-state index in [1.54, 1.807) is 0 Å². The fourth-order valence-corrected chi connectivity index (χ4v) is 9.75. The summed E-state index contributed by atoms with van der Waals surface area (Å²) >= 11 is 0. The zero-order valence-electron chi connectivity index (χ0n) is 36.3. The van der Waals surface area contributed by atoms with Gasteiger partial charge in [0.15, 0.2) is 5.82 Å². The summed E-state index contributed by atoms with van der Waals surface area (Å²) in [6, 6.07) is 75.9. The Hall–Kier alpha value is -8.92. The van der Waals surface area contributed by atoms with Crippen LogP contribution in [0.2, 0.25) is 0 Å². The molecule has 0 saturated heterocycles. The van der Waals surface area contributed by atoms with Gasteiger partial charge in [-0.2, -0.15) is 5.26 Å². The predicted octanol–water partition coefficient (Wildman–Crippen LogP) is 14.9. The van der Waals surface area contributed by atoms with Crippen LogP contribution in [0.3, 0.4) is 0 Å². The molecule has 6 nitrogen and oxygen atoms in total. The van der Waals surface area contributed by atoms with E-state index in [0.717, 1.165) is 99.5 Å². The highest BCUT2D eigenvalue weighted by Gasteiger charge is 2.25. The number of benzene rings is 9. The van der Waals surface area contributed by atoms with Crippen LogP contribution in [0.5, 0.6) is 0 Å². The maximum atomic E-state index is 11.2. The van der Waals surface area contributed by atoms with Gasteiger partial charge in [-0.1, -0.05) is 170 Å². The van der Waals surface area contributed by atoms with Crippen molar-refractivity contribution in [2.45, 2.75) is 13.8 Å². The van der Waals surface area contributed by atoms with E-state index in [-0.39, 0.29) is 0 Å². The van der Waals surface area contributed by atoms with E-state index in [4.69, 9.17) is 9.97 Å². The second kappa shape index (κ2) is 15.7. The smallest absolute Gasteiger partial charge is 0.164 e. The molecule has 12 aromatic rings. The van der Waals surface area contributed by atoms with Crippen LogP contribution in [-0.4, -0.2) is 24.1 Å². The fraction of sp³-hybridized carbons (Fsp3) is 0.0333. The maximum absolute atomic E-state index is 11.2. The molecule has 0 unspecified atom stereocenters. The summed E-state index contributed by atoms with van der Waals surface area (Å²) in [4.78, 5) is 14.2. The van der Waals surface area contributed by atoms with E-state index in [1.165, 1.54) is 0 Å². The quantitative estimate of drug-likeness (QED) is 0.160. The first-order valence-corrected chi connectivity index (χ1v) is 22.2. The third kappa shape index (κ3) is 6.53. The number of hydrogen-bond donors (Lipinski definition) is 0. The molecule has 6 heteroatoms. The minimum Gasteiger partial charge on any atom is -0.307 e. The van der Waals surface area contributed by atoms with Crippen molar-refractivity contribution in [1.29, 1.82) is 5.26 Å². The molecule has 3 heterocycles. The van der Waals surface area contributed by atoms with Crippen molar-refractivity contribution in [2.24, 2.45) is 0 Å². The summed E-state index contributed by atoms with van der Waals surface area (Å²) in [7, 11) is 0. The lowest BCUT2D eigenvalue weighted by molar-refractivity contribution is 0.927. The standard InChI is InChI=1S/C60H40N6/c1-38-62-39(2)64-60(63-38)53-36-59(66-56-33-46(42-19-11-5-12-20-42)25-29-51(56)52-30-26-47(34-57(52)66)43-21-13-6-14-22-43)58(35-48(53)37-61)65-54-31-44(40-15-7-3-8-16-40)23-27-49(54)50-28-24-45(32-55(50)65)41-17-9-4-10-18-41/h3-36H,1-2H3. The lowest BCUT2D eigenvalue weighted by atomic mass is 10.0. The van der Waals surface area contributed by atoms with Crippen LogP contribution < -0.4 is 0 Å². The van der Waals surface area contributed by atoms with E-state index < -0.39 is 0 Å². The third-order valence-corrected chi connectivity index (χ3v) is 12.8. The molecule has 3 aromatic heterocycles. The highest BCUT2D eigenvalue weighted by molar-refractivity contribution is 6.14. The Balaban J connectivity index is 1.26. The molecule has 12 rings (SSSR count). The Bertz CT molecular complexity index is 3670. The lowest BCUT2D eigenvalue weighted by Gasteiger charge is -2.20. The van der Waals surface area contributed by atoms with E-state index in [1.807, 2.05) is 19.9 Å². The lowest BCUT2D eigenvalue weighted by Crippen LogP contribution is -2.07. The molecule has 0 bridgehead atoms. The van der Waals surface area contributed by atoms with Gasteiger partial charge in [-0.15, -0.1) is 0 Å². The number of nitrogens with zero attached hydrogens (tertiary/aromatic N) is 6. The first-order chi connectivity index (χ1) is 32.5. The average molecular weight is 845 g/mol. The normalized spacial score (nSPS) is 11.5. The Labute approximate surface area is 382 Å². The van der Waals surface area contributed by atoms with Crippen molar-refractivity contribution in [1.82, 2.24) is 24.1 Å². The molecular formula is C60H40N6. The van der Waals surface area contributed by atoms with Crippen molar-refractivity contribution >= 4 is 43.6 Å². The first kappa shape index (κ1) is 38.7. The fourth-order valence-electron chi connectivity index (χ4n) is 9.75. The summed E-state index contributed by atoms with van der Waals surface area (Å²) in [5.41, 5.74) is 15.8. The van der Waals surface area contributed by atoms with Crippen molar-refractivity contribution in [3.8, 4) is 73.3 Å². The maximum Gasteiger partial charge on any atom is 0.164 e. The van der Waals surface area contributed by atoms with Gasteiger partial charge in [0, 0.05) is 27.1 Å². The SMILES string of the molecule is Cc1nc(C)nc(-c2cc(-n3c4cc(-c5ccccc5)ccc4c4ccc(-c5ccccc5)cc43)c(-n3c4cc(-c5ccccc5)ccc4c4ccc(-c5ccccc5)cc43)cc2C#N)n1. The molecule has 0 atom stereocenters. The first-order valence-electron chi connectivity index (χ1n) is 22.2. The molecule has 0 aliphatic heterocycles. The molecule has 9 aromatic carbocycles. The largest absolute Gasteiger partial charge is 0.307 e.